The number of ether oxygens (including phenoxy) is 1. The van der Waals surface area contributed by atoms with E-state index in [4.69, 9.17) is 15.7 Å². The van der Waals surface area contributed by atoms with Crippen LogP contribution in [0, 0.1) is 11.3 Å². The van der Waals surface area contributed by atoms with E-state index in [0.29, 0.717) is 30.4 Å². The van der Waals surface area contributed by atoms with Gasteiger partial charge in [0.05, 0.1) is 0 Å². The maximum absolute atomic E-state index is 11.2. The van der Waals surface area contributed by atoms with Crippen molar-refractivity contribution in [3.63, 3.8) is 0 Å². The number of nitrogens with two attached hydrogens (primary N) is 1. The molecule has 0 bridgehead atoms. The van der Waals surface area contributed by atoms with Crippen molar-refractivity contribution in [1.29, 1.82) is 5.26 Å². The van der Waals surface area contributed by atoms with Crippen LogP contribution in [0.25, 0.3) is 0 Å². The van der Waals surface area contributed by atoms with Gasteiger partial charge in [-0.05, 0) is 6.07 Å². The SMILES string of the molecule is N#Cc1nccnc1N1CCC(Oc2ccnc(C(N)=O)c2)CC1. The van der Waals surface area contributed by atoms with Crippen molar-refractivity contribution in [3.8, 4) is 11.8 Å². The average molecular weight is 324 g/mol. The van der Waals surface area contributed by atoms with E-state index in [1.165, 1.54) is 12.4 Å². The predicted octanol–water partition coefficient (Wildman–Crippen LogP) is 0.890. The van der Waals surface area contributed by atoms with Crippen LogP contribution in [0.4, 0.5) is 5.82 Å². The van der Waals surface area contributed by atoms with Gasteiger partial charge in [0.25, 0.3) is 5.91 Å². The molecular weight excluding hydrogens is 308 g/mol. The third kappa shape index (κ3) is 3.41. The second-order valence-electron chi connectivity index (χ2n) is 5.39. The summed E-state index contributed by atoms with van der Waals surface area (Å²) in [5, 5.41) is 9.12. The van der Waals surface area contributed by atoms with Gasteiger partial charge in [0.2, 0.25) is 0 Å². The first kappa shape index (κ1) is 15.7. The molecule has 1 amide bonds. The largest absolute Gasteiger partial charge is 0.490 e. The molecule has 24 heavy (non-hydrogen) atoms. The highest BCUT2D eigenvalue weighted by atomic mass is 16.5. The lowest BCUT2D eigenvalue weighted by Gasteiger charge is -2.33. The van der Waals surface area contributed by atoms with Crippen molar-refractivity contribution in [2.24, 2.45) is 5.73 Å². The highest BCUT2D eigenvalue weighted by molar-refractivity contribution is 5.91. The van der Waals surface area contributed by atoms with Gasteiger partial charge in [0.15, 0.2) is 11.5 Å². The number of carbonyl (C=O) groups is 1. The number of pyridine rings is 1. The van der Waals surface area contributed by atoms with E-state index in [1.54, 1.807) is 18.3 Å². The second-order valence-corrected chi connectivity index (χ2v) is 5.39. The van der Waals surface area contributed by atoms with Crippen LogP contribution in [0.5, 0.6) is 5.75 Å². The Balaban J connectivity index is 1.62. The van der Waals surface area contributed by atoms with Gasteiger partial charge in [-0.1, -0.05) is 0 Å². The highest BCUT2D eigenvalue weighted by Crippen LogP contribution is 2.23. The van der Waals surface area contributed by atoms with Gasteiger partial charge in [-0.25, -0.2) is 9.97 Å². The molecule has 0 atom stereocenters. The molecule has 1 fully saturated rings. The molecular formula is C16H16N6O2. The Morgan fingerprint density at radius 2 is 2.00 bits per heavy atom. The standard InChI is InChI=1S/C16H16N6O2/c17-10-14-16(21-6-5-20-14)22-7-2-11(3-8-22)24-12-1-4-19-13(9-12)15(18)23/h1,4-6,9,11H,2-3,7-8H2,(H2,18,23). The number of nitriles is 1. The average Bonchev–Trinajstić information content (AvgIpc) is 2.62. The van der Waals surface area contributed by atoms with Gasteiger partial charge >= 0.3 is 0 Å². The first-order valence-corrected chi connectivity index (χ1v) is 7.56. The number of piperidine rings is 1. The number of nitrogens with zero attached hydrogens (tertiary/aromatic N) is 5. The minimum absolute atomic E-state index is 0.0200. The number of carbonyl (C=O) groups excluding carboxylic acids is 1. The summed E-state index contributed by atoms with van der Waals surface area (Å²) in [5.74, 6) is 0.606. The molecule has 0 radical (unpaired) electrons. The van der Waals surface area contributed by atoms with Crippen LogP contribution in [-0.4, -0.2) is 40.1 Å². The Hall–Kier alpha value is -3.21. The number of primary amides is 1. The molecule has 2 aromatic rings. The van der Waals surface area contributed by atoms with Gasteiger partial charge < -0.3 is 15.4 Å². The highest BCUT2D eigenvalue weighted by Gasteiger charge is 2.23. The number of aromatic nitrogens is 3. The summed E-state index contributed by atoms with van der Waals surface area (Å²) in [6.07, 6.45) is 6.17. The molecule has 3 heterocycles. The Bertz CT molecular complexity index is 780. The summed E-state index contributed by atoms with van der Waals surface area (Å²) >= 11 is 0. The number of rotatable bonds is 4. The molecule has 122 valence electrons. The first-order valence-electron chi connectivity index (χ1n) is 7.56. The molecule has 2 N–H and O–H groups in total. The van der Waals surface area contributed by atoms with Crippen LogP contribution in [0.1, 0.15) is 29.0 Å². The molecule has 1 aliphatic rings. The normalized spacial score (nSPS) is 14.9. The minimum atomic E-state index is -0.582. The zero-order valence-electron chi connectivity index (χ0n) is 12.9. The minimum Gasteiger partial charge on any atom is -0.490 e. The Morgan fingerprint density at radius 3 is 2.71 bits per heavy atom. The van der Waals surface area contributed by atoms with E-state index in [9.17, 15) is 4.79 Å². The van der Waals surface area contributed by atoms with E-state index in [0.717, 1.165) is 12.8 Å². The summed E-state index contributed by atoms with van der Waals surface area (Å²) < 4.78 is 5.91. The van der Waals surface area contributed by atoms with Gasteiger partial charge in [-0.3, -0.25) is 9.78 Å². The summed E-state index contributed by atoms with van der Waals surface area (Å²) in [6.45, 7) is 1.43. The summed E-state index contributed by atoms with van der Waals surface area (Å²) in [4.78, 5) is 25.4. The zero-order chi connectivity index (χ0) is 16.9. The molecule has 0 aliphatic carbocycles. The summed E-state index contributed by atoms with van der Waals surface area (Å²) in [5.41, 5.74) is 5.74. The van der Waals surface area contributed by atoms with Gasteiger partial charge in [-0.15, -0.1) is 0 Å². The van der Waals surface area contributed by atoms with Crippen molar-refractivity contribution in [2.75, 3.05) is 18.0 Å². The third-order valence-corrected chi connectivity index (χ3v) is 3.81. The number of anilines is 1. The quantitative estimate of drug-likeness (QED) is 0.887. The monoisotopic (exact) mass is 324 g/mol. The van der Waals surface area contributed by atoms with Crippen LogP contribution in [0.3, 0.4) is 0 Å². The molecule has 3 rings (SSSR count). The van der Waals surface area contributed by atoms with Crippen LogP contribution in [-0.2, 0) is 0 Å². The fourth-order valence-electron chi connectivity index (χ4n) is 2.64. The second kappa shape index (κ2) is 6.91. The molecule has 0 aromatic carbocycles. The van der Waals surface area contributed by atoms with Crippen LogP contribution in [0.2, 0.25) is 0 Å². The van der Waals surface area contributed by atoms with Crippen molar-refractivity contribution in [1.82, 2.24) is 15.0 Å². The maximum atomic E-state index is 11.2. The fraction of sp³-hybridized carbons (Fsp3) is 0.312. The van der Waals surface area contributed by atoms with Gasteiger partial charge in [0.1, 0.15) is 23.6 Å². The smallest absolute Gasteiger partial charge is 0.267 e. The lowest BCUT2D eigenvalue weighted by Crippen LogP contribution is -2.39. The first-order chi connectivity index (χ1) is 11.7. The Morgan fingerprint density at radius 1 is 1.25 bits per heavy atom. The van der Waals surface area contributed by atoms with E-state index in [2.05, 4.69) is 21.0 Å². The third-order valence-electron chi connectivity index (χ3n) is 3.81. The molecule has 2 aromatic heterocycles. The van der Waals surface area contributed by atoms with Crippen molar-refractivity contribution in [3.05, 3.63) is 42.1 Å². The molecule has 1 aliphatic heterocycles. The van der Waals surface area contributed by atoms with E-state index >= 15 is 0 Å². The van der Waals surface area contributed by atoms with Crippen LogP contribution < -0.4 is 15.4 Å². The Kier molecular flexibility index (Phi) is 4.52. The van der Waals surface area contributed by atoms with Crippen molar-refractivity contribution >= 4 is 11.7 Å². The zero-order valence-corrected chi connectivity index (χ0v) is 12.9. The van der Waals surface area contributed by atoms with Crippen molar-refractivity contribution < 1.29 is 9.53 Å². The van der Waals surface area contributed by atoms with E-state index in [1.807, 2.05) is 4.90 Å². The molecule has 8 nitrogen and oxygen atoms in total. The number of hydrogen-bond donors (Lipinski definition) is 1. The summed E-state index contributed by atoms with van der Waals surface area (Å²) in [7, 11) is 0. The van der Waals surface area contributed by atoms with Crippen LogP contribution >= 0.6 is 0 Å². The molecule has 0 unspecified atom stereocenters. The fourth-order valence-corrected chi connectivity index (χ4v) is 2.64. The van der Waals surface area contributed by atoms with Crippen LogP contribution in [0.15, 0.2) is 30.7 Å². The molecule has 0 saturated carbocycles. The van der Waals surface area contributed by atoms with Gasteiger partial charge in [0, 0.05) is 50.6 Å². The summed E-state index contributed by atoms with van der Waals surface area (Å²) in [6, 6.07) is 5.31. The Labute approximate surface area is 138 Å². The van der Waals surface area contributed by atoms with Gasteiger partial charge in [-0.2, -0.15) is 5.26 Å². The van der Waals surface area contributed by atoms with E-state index < -0.39 is 5.91 Å². The predicted molar refractivity (Wildman–Crippen MR) is 85.4 cm³/mol. The lowest BCUT2D eigenvalue weighted by atomic mass is 10.1. The molecule has 0 spiro atoms. The maximum Gasteiger partial charge on any atom is 0.267 e. The van der Waals surface area contributed by atoms with E-state index in [-0.39, 0.29) is 11.8 Å². The topological polar surface area (TPSA) is 118 Å². The number of hydrogen-bond acceptors (Lipinski definition) is 7. The number of amides is 1. The molecule has 1 saturated heterocycles. The lowest BCUT2D eigenvalue weighted by molar-refractivity contribution is 0.0994. The van der Waals surface area contributed by atoms with Crippen molar-refractivity contribution in [2.45, 2.75) is 18.9 Å². The molecule has 8 heteroatoms.